The average molecular weight is 496 g/mol. The zero-order valence-electron chi connectivity index (χ0n) is 17.5. The van der Waals surface area contributed by atoms with Crippen LogP contribution >= 0.6 is 46.2 Å². The van der Waals surface area contributed by atoms with Gasteiger partial charge in [-0.3, -0.25) is 0 Å². The number of benzene rings is 2. The molecule has 0 spiro atoms. The van der Waals surface area contributed by atoms with E-state index in [9.17, 15) is 0 Å². The van der Waals surface area contributed by atoms with Crippen LogP contribution in [0.5, 0.6) is 0 Å². The van der Waals surface area contributed by atoms with Gasteiger partial charge in [-0.25, -0.2) is 9.97 Å². The van der Waals surface area contributed by atoms with Crippen molar-refractivity contribution in [3.63, 3.8) is 0 Å². The number of fused-ring (bicyclic) bond motifs is 1. The van der Waals surface area contributed by atoms with Crippen LogP contribution in [0.15, 0.2) is 69.5 Å². The molecule has 2 aromatic carbocycles. The number of hydrogen-bond donors (Lipinski definition) is 0. The minimum Gasteiger partial charge on any atom is -0.306 e. The summed E-state index contributed by atoms with van der Waals surface area (Å²) >= 11 is 6.88. The molecule has 162 valence electrons. The van der Waals surface area contributed by atoms with Crippen LogP contribution in [-0.4, -0.2) is 24.7 Å². The Hall–Kier alpha value is -2.20. The SMILES string of the molecule is CCn1c(CSc2nc3ccccc3s2)nnc1SCc1csc(Cc2ccccc2)n1. The van der Waals surface area contributed by atoms with E-state index in [0.29, 0.717) is 0 Å². The monoisotopic (exact) mass is 495 g/mol. The number of rotatable bonds is 9. The lowest BCUT2D eigenvalue weighted by atomic mass is 10.2. The average Bonchev–Trinajstić information content (AvgIpc) is 3.54. The van der Waals surface area contributed by atoms with Gasteiger partial charge in [-0.05, 0) is 24.6 Å². The lowest BCUT2D eigenvalue weighted by Gasteiger charge is -2.06. The summed E-state index contributed by atoms with van der Waals surface area (Å²) in [4.78, 5) is 9.52. The van der Waals surface area contributed by atoms with E-state index >= 15 is 0 Å². The Morgan fingerprint density at radius 1 is 0.906 bits per heavy atom. The van der Waals surface area contributed by atoms with Crippen molar-refractivity contribution >= 4 is 56.4 Å². The van der Waals surface area contributed by atoms with E-state index in [1.54, 1.807) is 46.2 Å². The first-order valence-corrected chi connectivity index (χ1v) is 14.0. The summed E-state index contributed by atoms with van der Waals surface area (Å²) in [5.41, 5.74) is 3.45. The van der Waals surface area contributed by atoms with Gasteiger partial charge in [0.25, 0.3) is 0 Å². The van der Waals surface area contributed by atoms with Crippen LogP contribution in [0.2, 0.25) is 0 Å². The van der Waals surface area contributed by atoms with Gasteiger partial charge in [-0.2, -0.15) is 0 Å². The number of para-hydroxylation sites is 1. The van der Waals surface area contributed by atoms with E-state index in [-0.39, 0.29) is 0 Å². The molecule has 0 bridgehead atoms. The van der Waals surface area contributed by atoms with Crippen molar-refractivity contribution in [2.75, 3.05) is 0 Å². The van der Waals surface area contributed by atoms with Crippen molar-refractivity contribution < 1.29 is 0 Å². The molecule has 0 saturated carbocycles. The molecule has 0 saturated heterocycles. The van der Waals surface area contributed by atoms with Crippen LogP contribution in [0, 0.1) is 0 Å². The summed E-state index contributed by atoms with van der Waals surface area (Å²) in [6.07, 6.45) is 0.883. The van der Waals surface area contributed by atoms with Gasteiger partial charge in [-0.15, -0.1) is 32.9 Å². The predicted molar refractivity (Wildman–Crippen MR) is 136 cm³/mol. The van der Waals surface area contributed by atoms with E-state index in [0.717, 1.165) is 56.0 Å². The summed E-state index contributed by atoms with van der Waals surface area (Å²) in [5.74, 6) is 2.55. The maximum atomic E-state index is 4.81. The van der Waals surface area contributed by atoms with Gasteiger partial charge in [-0.1, -0.05) is 66.0 Å². The Balaban J connectivity index is 1.20. The standard InChI is InChI=1S/C23H21N5S4/c1-2-28-20(15-31-23-25-18-10-6-7-11-19(18)32-23)26-27-22(28)30-14-17-13-29-21(24-17)12-16-8-4-3-5-9-16/h3-11,13H,2,12,14-15H2,1H3. The molecule has 0 fully saturated rings. The molecule has 0 aliphatic carbocycles. The number of thiazole rings is 2. The number of hydrogen-bond acceptors (Lipinski definition) is 8. The third-order valence-corrected chi connectivity index (χ3v) is 8.93. The van der Waals surface area contributed by atoms with Crippen molar-refractivity contribution in [3.05, 3.63) is 82.1 Å². The third kappa shape index (κ3) is 5.06. The molecule has 0 aliphatic rings. The largest absolute Gasteiger partial charge is 0.306 e. The second-order valence-corrected chi connectivity index (χ2v) is 11.2. The zero-order valence-corrected chi connectivity index (χ0v) is 20.7. The Labute approximate surface area is 203 Å². The maximum Gasteiger partial charge on any atom is 0.191 e. The fourth-order valence-electron chi connectivity index (χ4n) is 3.29. The molecular formula is C23H21N5S4. The molecule has 0 amide bonds. The summed E-state index contributed by atoms with van der Waals surface area (Å²) in [6, 6.07) is 18.7. The summed E-state index contributed by atoms with van der Waals surface area (Å²) < 4.78 is 4.49. The van der Waals surface area contributed by atoms with Gasteiger partial charge in [0.15, 0.2) is 9.50 Å². The number of thioether (sulfide) groups is 2. The minimum atomic E-state index is 0.763. The molecule has 5 aromatic rings. The van der Waals surface area contributed by atoms with Gasteiger partial charge in [0.05, 0.1) is 26.7 Å². The first kappa shape index (κ1) is 21.6. The molecule has 5 rings (SSSR count). The highest BCUT2D eigenvalue weighted by Gasteiger charge is 2.14. The first-order valence-electron chi connectivity index (χ1n) is 10.3. The van der Waals surface area contributed by atoms with Crippen molar-refractivity contribution in [1.82, 2.24) is 24.7 Å². The second-order valence-electron chi connectivity index (χ2n) is 7.06. The predicted octanol–water partition coefficient (Wildman–Crippen LogP) is 6.54. The van der Waals surface area contributed by atoms with Crippen molar-refractivity contribution in [3.8, 4) is 0 Å². The Morgan fingerprint density at radius 2 is 1.75 bits per heavy atom. The van der Waals surface area contributed by atoms with Gasteiger partial charge >= 0.3 is 0 Å². The smallest absolute Gasteiger partial charge is 0.191 e. The zero-order chi connectivity index (χ0) is 21.8. The normalized spacial score (nSPS) is 11.4. The molecule has 3 aromatic heterocycles. The van der Waals surface area contributed by atoms with Crippen LogP contribution in [0.3, 0.4) is 0 Å². The van der Waals surface area contributed by atoms with Gasteiger partial charge in [0, 0.05) is 24.1 Å². The molecule has 0 aliphatic heterocycles. The highest BCUT2D eigenvalue weighted by atomic mass is 32.2. The summed E-state index contributed by atoms with van der Waals surface area (Å²) in [7, 11) is 0. The van der Waals surface area contributed by atoms with E-state index in [1.165, 1.54) is 10.3 Å². The Morgan fingerprint density at radius 3 is 2.59 bits per heavy atom. The molecular weight excluding hydrogens is 475 g/mol. The van der Waals surface area contributed by atoms with Crippen LogP contribution in [-0.2, 0) is 24.5 Å². The van der Waals surface area contributed by atoms with Gasteiger partial charge in [0.2, 0.25) is 0 Å². The summed E-state index contributed by atoms with van der Waals surface area (Å²) in [5, 5.41) is 13.2. The van der Waals surface area contributed by atoms with Crippen molar-refractivity contribution in [2.45, 2.75) is 40.9 Å². The van der Waals surface area contributed by atoms with Crippen molar-refractivity contribution in [1.29, 1.82) is 0 Å². The second kappa shape index (κ2) is 10.2. The molecule has 5 nitrogen and oxygen atoms in total. The number of nitrogens with zero attached hydrogens (tertiary/aromatic N) is 5. The van der Waals surface area contributed by atoms with E-state index < -0.39 is 0 Å². The Bertz CT molecular complexity index is 1280. The molecule has 9 heteroatoms. The van der Waals surface area contributed by atoms with Gasteiger partial charge < -0.3 is 4.57 Å². The van der Waals surface area contributed by atoms with E-state index in [2.05, 4.69) is 69.5 Å². The topological polar surface area (TPSA) is 56.5 Å². The lowest BCUT2D eigenvalue weighted by Crippen LogP contribution is -2.02. The fraction of sp³-hybridized carbons (Fsp3) is 0.217. The molecule has 3 heterocycles. The van der Waals surface area contributed by atoms with Gasteiger partial charge in [0.1, 0.15) is 5.82 Å². The number of aromatic nitrogens is 5. The molecule has 0 atom stereocenters. The highest BCUT2D eigenvalue weighted by molar-refractivity contribution is 8.00. The molecule has 32 heavy (non-hydrogen) atoms. The first-order chi connectivity index (χ1) is 15.8. The fourth-order valence-corrected chi connectivity index (χ4v) is 7.15. The van der Waals surface area contributed by atoms with Crippen LogP contribution in [0.1, 0.15) is 29.0 Å². The highest BCUT2D eigenvalue weighted by Crippen LogP contribution is 2.32. The van der Waals surface area contributed by atoms with Crippen LogP contribution in [0.4, 0.5) is 0 Å². The molecule has 0 unspecified atom stereocenters. The molecule has 0 radical (unpaired) electrons. The molecule has 0 N–H and O–H groups in total. The maximum absolute atomic E-state index is 4.81. The lowest BCUT2D eigenvalue weighted by molar-refractivity contribution is 0.659. The summed E-state index contributed by atoms with van der Waals surface area (Å²) in [6.45, 7) is 2.99. The van der Waals surface area contributed by atoms with E-state index in [4.69, 9.17) is 9.97 Å². The third-order valence-electron chi connectivity index (χ3n) is 4.86. The van der Waals surface area contributed by atoms with Crippen molar-refractivity contribution in [2.24, 2.45) is 0 Å². The van der Waals surface area contributed by atoms with E-state index in [1.807, 2.05) is 12.1 Å². The van der Waals surface area contributed by atoms with Crippen LogP contribution < -0.4 is 0 Å². The van der Waals surface area contributed by atoms with Crippen LogP contribution in [0.25, 0.3) is 10.2 Å². The quantitative estimate of drug-likeness (QED) is 0.216. The Kier molecular flexibility index (Phi) is 6.87. The minimum absolute atomic E-state index is 0.763.